The van der Waals surface area contributed by atoms with Crippen molar-refractivity contribution in [2.45, 2.75) is 38.5 Å². The number of allylic oxidation sites excluding steroid dienone is 2. The minimum absolute atomic E-state index is 0.993. The quantitative estimate of drug-likeness (QED) is 0.581. The lowest BCUT2D eigenvalue weighted by Gasteiger charge is -2.51. The van der Waals surface area contributed by atoms with Crippen LogP contribution in [0.3, 0.4) is 0 Å². The number of hydrogen-bond donors (Lipinski definition) is 0. The van der Waals surface area contributed by atoms with Gasteiger partial charge < -0.3 is 0 Å². The Labute approximate surface area is 98.5 Å². The Kier molecular flexibility index (Phi) is 1.52. The van der Waals surface area contributed by atoms with Crippen molar-refractivity contribution >= 4 is 0 Å². The summed E-state index contributed by atoms with van der Waals surface area (Å²) in [6.07, 6.45) is 14.6. The maximum atomic E-state index is 2.57. The van der Waals surface area contributed by atoms with Crippen molar-refractivity contribution in [3.05, 3.63) is 12.2 Å². The summed E-state index contributed by atoms with van der Waals surface area (Å²) >= 11 is 0. The fourth-order valence-corrected chi connectivity index (χ4v) is 6.52. The molecule has 0 aromatic rings. The van der Waals surface area contributed by atoms with Crippen LogP contribution in [0.15, 0.2) is 12.2 Å². The number of fused-ring (bicyclic) bond motifs is 7. The van der Waals surface area contributed by atoms with Gasteiger partial charge in [0, 0.05) is 0 Å². The Bertz CT molecular complexity index is 353. The van der Waals surface area contributed by atoms with Gasteiger partial charge in [0.1, 0.15) is 0 Å². The van der Waals surface area contributed by atoms with Gasteiger partial charge in [-0.25, -0.2) is 0 Å². The molecule has 4 bridgehead atoms. The first kappa shape index (κ1) is 8.78. The summed E-state index contributed by atoms with van der Waals surface area (Å²) in [7, 11) is 0. The van der Waals surface area contributed by atoms with Crippen molar-refractivity contribution in [3.63, 3.8) is 0 Å². The second-order valence-electron chi connectivity index (χ2n) is 7.42. The fraction of sp³-hybridized carbons (Fsp3) is 0.875. The van der Waals surface area contributed by atoms with Crippen molar-refractivity contribution in [1.82, 2.24) is 0 Å². The summed E-state index contributed by atoms with van der Waals surface area (Å²) in [5.41, 5.74) is 0. The van der Waals surface area contributed by atoms with E-state index in [0.29, 0.717) is 0 Å². The zero-order chi connectivity index (χ0) is 10.3. The van der Waals surface area contributed by atoms with Crippen molar-refractivity contribution in [1.29, 1.82) is 0 Å². The molecule has 5 rings (SSSR count). The molecule has 0 amide bonds. The van der Waals surface area contributed by atoms with Gasteiger partial charge in [-0.15, -0.1) is 0 Å². The molecule has 0 saturated heterocycles. The minimum atomic E-state index is 0.993. The topological polar surface area (TPSA) is 0 Å². The molecule has 8 unspecified atom stereocenters. The zero-order valence-electron chi connectivity index (χ0n) is 10.0. The van der Waals surface area contributed by atoms with Crippen LogP contribution in [0.4, 0.5) is 0 Å². The van der Waals surface area contributed by atoms with E-state index in [0.717, 1.165) is 17.8 Å². The lowest BCUT2D eigenvalue weighted by molar-refractivity contribution is -0.0254. The highest BCUT2D eigenvalue weighted by Crippen LogP contribution is 2.67. The highest BCUT2D eigenvalue weighted by atomic mass is 14.6. The Morgan fingerprint density at radius 3 is 2.38 bits per heavy atom. The predicted octanol–water partition coefficient (Wildman–Crippen LogP) is 3.88. The standard InChI is InChI=1S/C16H22/c1-2-10-5-9(1)6-13(10)15-8-14-11-3-4-12(7-11)16(14)15/h1-2,9-16H,3-8H2. The molecule has 0 aromatic heterocycles. The van der Waals surface area contributed by atoms with Crippen molar-refractivity contribution in [2.75, 3.05) is 0 Å². The minimum Gasteiger partial charge on any atom is -0.0851 e. The Balaban J connectivity index is 1.40. The molecule has 0 heteroatoms. The summed E-state index contributed by atoms with van der Waals surface area (Å²) in [6, 6.07) is 0. The van der Waals surface area contributed by atoms with Crippen LogP contribution in [0, 0.1) is 47.3 Å². The van der Waals surface area contributed by atoms with E-state index in [-0.39, 0.29) is 0 Å². The van der Waals surface area contributed by atoms with Crippen molar-refractivity contribution < 1.29 is 0 Å². The molecule has 16 heavy (non-hydrogen) atoms. The average Bonchev–Trinajstić information content (AvgIpc) is 2.93. The van der Waals surface area contributed by atoms with Gasteiger partial charge in [-0.1, -0.05) is 12.2 Å². The molecular weight excluding hydrogens is 192 g/mol. The van der Waals surface area contributed by atoms with Gasteiger partial charge in [0.05, 0.1) is 0 Å². The van der Waals surface area contributed by atoms with Gasteiger partial charge in [0.25, 0.3) is 0 Å². The summed E-state index contributed by atoms with van der Waals surface area (Å²) in [4.78, 5) is 0. The van der Waals surface area contributed by atoms with Gasteiger partial charge in [-0.05, 0) is 85.9 Å². The van der Waals surface area contributed by atoms with E-state index in [1.54, 1.807) is 32.1 Å². The van der Waals surface area contributed by atoms with Crippen LogP contribution in [-0.4, -0.2) is 0 Å². The third kappa shape index (κ3) is 0.901. The molecule has 4 fully saturated rings. The van der Waals surface area contributed by atoms with Gasteiger partial charge >= 0.3 is 0 Å². The van der Waals surface area contributed by atoms with Crippen LogP contribution in [0.2, 0.25) is 0 Å². The molecule has 0 heterocycles. The summed E-state index contributed by atoms with van der Waals surface area (Å²) in [5, 5.41) is 0. The van der Waals surface area contributed by atoms with E-state index in [1.807, 2.05) is 0 Å². The molecule has 5 aliphatic carbocycles. The monoisotopic (exact) mass is 214 g/mol. The van der Waals surface area contributed by atoms with E-state index in [4.69, 9.17) is 0 Å². The molecule has 0 aliphatic heterocycles. The van der Waals surface area contributed by atoms with E-state index in [9.17, 15) is 0 Å². The van der Waals surface area contributed by atoms with Gasteiger partial charge in [0.2, 0.25) is 0 Å². The summed E-state index contributed by atoms with van der Waals surface area (Å²) in [6.45, 7) is 0. The Hall–Kier alpha value is -0.260. The third-order valence-corrected chi connectivity index (χ3v) is 7.08. The van der Waals surface area contributed by atoms with Gasteiger partial charge in [0.15, 0.2) is 0 Å². The summed E-state index contributed by atoms with van der Waals surface area (Å²) < 4.78 is 0. The van der Waals surface area contributed by atoms with Crippen LogP contribution >= 0.6 is 0 Å². The molecule has 0 aromatic carbocycles. The normalized spacial score (nSPS) is 65.0. The highest BCUT2D eigenvalue weighted by molar-refractivity contribution is 5.15. The second kappa shape index (κ2) is 2.76. The summed E-state index contributed by atoms with van der Waals surface area (Å²) in [5.74, 6) is 9.05. The van der Waals surface area contributed by atoms with Crippen molar-refractivity contribution in [3.8, 4) is 0 Å². The highest BCUT2D eigenvalue weighted by Gasteiger charge is 2.60. The lowest BCUT2D eigenvalue weighted by Crippen LogP contribution is -2.45. The van der Waals surface area contributed by atoms with E-state index in [1.165, 1.54) is 36.0 Å². The van der Waals surface area contributed by atoms with Crippen LogP contribution in [0.5, 0.6) is 0 Å². The second-order valence-corrected chi connectivity index (χ2v) is 7.42. The fourth-order valence-electron chi connectivity index (χ4n) is 6.52. The van der Waals surface area contributed by atoms with Crippen LogP contribution in [0.25, 0.3) is 0 Å². The van der Waals surface area contributed by atoms with E-state index < -0.39 is 0 Å². The Morgan fingerprint density at radius 2 is 1.62 bits per heavy atom. The molecule has 86 valence electrons. The first-order valence-electron chi connectivity index (χ1n) is 7.58. The van der Waals surface area contributed by atoms with Gasteiger partial charge in [-0.2, -0.15) is 0 Å². The number of rotatable bonds is 1. The van der Waals surface area contributed by atoms with Crippen LogP contribution < -0.4 is 0 Å². The SMILES string of the molecule is C1=CC2CC1CC2C1CC2C3CCC(C3)C21. The number of hydrogen-bond acceptors (Lipinski definition) is 0. The zero-order valence-corrected chi connectivity index (χ0v) is 10.0. The van der Waals surface area contributed by atoms with E-state index in [2.05, 4.69) is 12.2 Å². The molecule has 8 atom stereocenters. The smallest absolute Gasteiger partial charge is 0.0196 e. The molecular formula is C16H22. The molecule has 5 aliphatic rings. The molecule has 0 radical (unpaired) electrons. The molecule has 0 N–H and O–H groups in total. The van der Waals surface area contributed by atoms with Gasteiger partial charge in [-0.3, -0.25) is 0 Å². The van der Waals surface area contributed by atoms with E-state index >= 15 is 0 Å². The maximum absolute atomic E-state index is 2.57. The lowest BCUT2D eigenvalue weighted by atomic mass is 9.53. The predicted molar refractivity (Wildman–Crippen MR) is 64.8 cm³/mol. The first-order valence-corrected chi connectivity index (χ1v) is 7.58. The molecule has 0 spiro atoms. The van der Waals surface area contributed by atoms with Crippen molar-refractivity contribution in [2.24, 2.45) is 47.3 Å². The Morgan fingerprint density at radius 1 is 0.688 bits per heavy atom. The maximum Gasteiger partial charge on any atom is -0.0196 e. The first-order chi connectivity index (χ1) is 7.90. The average molecular weight is 214 g/mol. The molecule has 4 saturated carbocycles. The molecule has 0 nitrogen and oxygen atoms in total. The third-order valence-electron chi connectivity index (χ3n) is 7.08. The largest absolute Gasteiger partial charge is 0.0851 e. The van der Waals surface area contributed by atoms with Crippen LogP contribution in [-0.2, 0) is 0 Å². The van der Waals surface area contributed by atoms with Crippen LogP contribution in [0.1, 0.15) is 38.5 Å².